The largest absolute Gasteiger partial charge is 0.489 e. The first-order valence-corrected chi connectivity index (χ1v) is 8.00. The summed E-state index contributed by atoms with van der Waals surface area (Å²) in [7, 11) is 0. The van der Waals surface area contributed by atoms with Crippen LogP contribution in [0.25, 0.3) is 0 Å². The summed E-state index contributed by atoms with van der Waals surface area (Å²) in [5, 5.41) is 3.48. The Balaban J connectivity index is 1.70. The maximum Gasteiger partial charge on any atom is 0.228 e. The summed E-state index contributed by atoms with van der Waals surface area (Å²) in [5.74, 6) is 0.441. The molecular weight excluding hydrogens is 328 g/mol. The molecular formula is C18H17ClN2O3. The molecule has 2 aromatic rings. The lowest BCUT2D eigenvalue weighted by molar-refractivity contribution is -0.117. The molecule has 3 rings (SSSR count). The van der Waals surface area contributed by atoms with Gasteiger partial charge in [0.2, 0.25) is 11.8 Å². The molecule has 1 N–H and O–H groups in total. The molecule has 1 aliphatic rings. The number of nitrogens with zero attached hydrogens (tertiary/aromatic N) is 1. The van der Waals surface area contributed by atoms with Gasteiger partial charge in [0.25, 0.3) is 0 Å². The number of carbonyl (C=O) groups excluding carboxylic acids is 2. The Morgan fingerprint density at radius 2 is 1.96 bits per heavy atom. The highest BCUT2D eigenvalue weighted by atomic mass is 35.5. The lowest BCUT2D eigenvalue weighted by atomic mass is 10.1. The van der Waals surface area contributed by atoms with Gasteiger partial charge in [-0.15, -0.1) is 0 Å². The molecule has 0 saturated carbocycles. The maximum atomic E-state index is 12.2. The zero-order valence-corrected chi connectivity index (χ0v) is 14.0. The quantitative estimate of drug-likeness (QED) is 0.929. The van der Waals surface area contributed by atoms with Gasteiger partial charge in [0.05, 0.1) is 18.7 Å². The summed E-state index contributed by atoms with van der Waals surface area (Å²) in [4.78, 5) is 25.5. The number of carbonyl (C=O) groups is 2. The molecule has 0 radical (unpaired) electrons. The molecule has 124 valence electrons. The predicted molar refractivity (Wildman–Crippen MR) is 93.7 cm³/mol. The normalized spacial score (nSPS) is 13.0. The highest BCUT2D eigenvalue weighted by Crippen LogP contribution is 2.34. The third-order valence-corrected chi connectivity index (χ3v) is 4.02. The molecule has 0 unspecified atom stereocenters. The van der Waals surface area contributed by atoms with Crippen molar-refractivity contribution in [3.05, 3.63) is 53.1 Å². The van der Waals surface area contributed by atoms with E-state index in [2.05, 4.69) is 5.32 Å². The third-order valence-electron chi connectivity index (χ3n) is 3.76. The van der Waals surface area contributed by atoms with Gasteiger partial charge < -0.3 is 15.0 Å². The number of hydrogen-bond acceptors (Lipinski definition) is 3. The highest BCUT2D eigenvalue weighted by molar-refractivity contribution is 6.30. The summed E-state index contributed by atoms with van der Waals surface area (Å²) >= 11 is 5.84. The van der Waals surface area contributed by atoms with Crippen molar-refractivity contribution < 1.29 is 14.3 Å². The van der Waals surface area contributed by atoms with Gasteiger partial charge in [-0.25, -0.2) is 0 Å². The number of benzene rings is 2. The molecule has 0 aromatic heterocycles. The SMILES string of the molecule is CC(=O)N1CCOc2cc(NC(=O)Cc3ccc(Cl)cc3)ccc21. The molecule has 0 bridgehead atoms. The van der Waals surface area contributed by atoms with Crippen molar-refractivity contribution in [1.29, 1.82) is 0 Å². The molecule has 5 nitrogen and oxygen atoms in total. The standard InChI is InChI=1S/C18H17ClN2O3/c1-12(22)21-8-9-24-17-11-15(6-7-16(17)21)20-18(23)10-13-2-4-14(19)5-3-13/h2-7,11H,8-10H2,1H3,(H,20,23). The number of anilines is 2. The van der Waals surface area contributed by atoms with Crippen molar-refractivity contribution in [3.8, 4) is 5.75 Å². The fourth-order valence-electron chi connectivity index (χ4n) is 2.62. The van der Waals surface area contributed by atoms with Crippen molar-refractivity contribution in [2.75, 3.05) is 23.4 Å². The average Bonchev–Trinajstić information content (AvgIpc) is 2.56. The van der Waals surface area contributed by atoms with Crippen molar-refractivity contribution >= 4 is 34.8 Å². The van der Waals surface area contributed by atoms with E-state index >= 15 is 0 Å². The molecule has 0 saturated heterocycles. The topological polar surface area (TPSA) is 58.6 Å². The highest BCUT2D eigenvalue weighted by Gasteiger charge is 2.21. The van der Waals surface area contributed by atoms with Crippen LogP contribution in [0.1, 0.15) is 12.5 Å². The first-order chi connectivity index (χ1) is 11.5. The zero-order valence-electron chi connectivity index (χ0n) is 13.2. The van der Waals surface area contributed by atoms with Crippen LogP contribution in [0.4, 0.5) is 11.4 Å². The van der Waals surface area contributed by atoms with E-state index in [4.69, 9.17) is 16.3 Å². The fraction of sp³-hybridized carbons (Fsp3) is 0.222. The number of ether oxygens (including phenoxy) is 1. The van der Waals surface area contributed by atoms with Gasteiger partial charge in [0.15, 0.2) is 0 Å². The molecule has 0 spiro atoms. The van der Waals surface area contributed by atoms with E-state index in [1.165, 1.54) is 6.92 Å². The molecule has 0 fully saturated rings. The number of halogens is 1. The molecule has 6 heteroatoms. The first kappa shape index (κ1) is 16.3. The van der Waals surface area contributed by atoms with Gasteiger partial charge >= 0.3 is 0 Å². The van der Waals surface area contributed by atoms with Crippen LogP contribution >= 0.6 is 11.6 Å². The molecule has 2 amide bonds. The summed E-state index contributed by atoms with van der Waals surface area (Å²) < 4.78 is 5.60. The first-order valence-electron chi connectivity index (χ1n) is 7.62. The smallest absolute Gasteiger partial charge is 0.228 e. The van der Waals surface area contributed by atoms with E-state index in [1.807, 2.05) is 12.1 Å². The van der Waals surface area contributed by atoms with Crippen molar-refractivity contribution in [1.82, 2.24) is 0 Å². The number of hydrogen-bond donors (Lipinski definition) is 1. The number of rotatable bonds is 3. The van der Waals surface area contributed by atoms with Gasteiger partial charge in [-0.2, -0.15) is 0 Å². The monoisotopic (exact) mass is 344 g/mol. The Kier molecular flexibility index (Phi) is 4.71. The minimum Gasteiger partial charge on any atom is -0.489 e. The average molecular weight is 345 g/mol. The second kappa shape index (κ2) is 6.93. The molecule has 2 aromatic carbocycles. The molecule has 1 aliphatic heterocycles. The maximum absolute atomic E-state index is 12.2. The second-order valence-electron chi connectivity index (χ2n) is 5.55. The molecule has 24 heavy (non-hydrogen) atoms. The summed E-state index contributed by atoms with van der Waals surface area (Å²) in [6.07, 6.45) is 0.259. The van der Waals surface area contributed by atoms with Crippen LogP contribution in [0.2, 0.25) is 5.02 Å². The molecule has 0 aliphatic carbocycles. The minimum absolute atomic E-state index is 0.0286. The summed E-state index contributed by atoms with van der Waals surface area (Å²) in [6.45, 7) is 2.50. The lowest BCUT2D eigenvalue weighted by Crippen LogP contribution is -2.36. The minimum atomic E-state index is -0.128. The van der Waals surface area contributed by atoms with Crippen molar-refractivity contribution in [3.63, 3.8) is 0 Å². The lowest BCUT2D eigenvalue weighted by Gasteiger charge is -2.29. The van der Waals surface area contributed by atoms with Gasteiger partial charge in [-0.3, -0.25) is 9.59 Å². The third kappa shape index (κ3) is 3.68. The van der Waals surface area contributed by atoms with Crippen LogP contribution in [-0.4, -0.2) is 25.0 Å². The van der Waals surface area contributed by atoms with E-state index in [-0.39, 0.29) is 18.2 Å². The molecule has 1 heterocycles. The Hall–Kier alpha value is -2.53. The Morgan fingerprint density at radius 1 is 1.21 bits per heavy atom. The Labute approximate surface area is 145 Å². The van der Waals surface area contributed by atoms with E-state index in [1.54, 1.807) is 35.2 Å². The number of amides is 2. The van der Waals surface area contributed by atoms with Crippen LogP contribution < -0.4 is 15.0 Å². The number of fused-ring (bicyclic) bond motifs is 1. The van der Waals surface area contributed by atoms with Crippen molar-refractivity contribution in [2.45, 2.75) is 13.3 Å². The predicted octanol–water partition coefficient (Wildman–Crippen LogP) is 3.27. The molecule has 0 atom stereocenters. The van der Waals surface area contributed by atoms with Gasteiger partial charge in [-0.05, 0) is 29.8 Å². The van der Waals surface area contributed by atoms with E-state index < -0.39 is 0 Å². The van der Waals surface area contributed by atoms with Gasteiger partial charge in [-0.1, -0.05) is 23.7 Å². The van der Waals surface area contributed by atoms with Crippen molar-refractivity contribution in [2.24, 2.45) is 0 Å². The van der Waals surface area contributed by atoms with Crippen LogP contribution in [0.5, 0.6) is 5.75 Å². The number of nitrogens with one attached hydrogen (secondary N) is 1. The van der Waals surface area contributed by atoms with Gasteiger partial charge in [0.1, 0.15) is 12.4 Å². The second-order valence-corrected chi connectivity index (χ2v) is 5.99. The van der Waals surface area contributed by atoms with Crippen LogP contribution in [0, 0.1) is 0 Å². The van der Waals surface area contributed by atoms with Gasteiger partial charge in [0, 0.05) is 23.7 Å². The fourth-order valence-corrected chi connectivity index (χ4v) is 2.74. The van der Waals surface area contributed by atoms with E-state index in [0.717, 1.165) is 11.3 Å². The Bertz CT molecular complexity index is 774. The van der Waals surface area contributed by atoms with E-state index in [0.29, 0.717) is 29.6 Å². The summed E-state index contributed by atoms with van der Waals surface area (Å²) in [6, 6.07) is 12.5. The zero-order chi connectivity index (χ0) is 17.1. The van der Waals surface area contributed by atoms with Crippen LogP contribution in [0.15, 0.2) is 42.5 Å². The Morgan fingerprint density at radius 3 is 2.67 bits per heavy atom. The van der Waals surface area contributed by atoms with Crippen LogP contribution in [-0.2, 0) is 16.0 Å². The summed E-state index contributed by atoms with van der Waals surface area (Å²) in [5.41, 5.74) is 2.25. The van der Waals surface area contributed by atoms with Crippen LogP contribution in [0.3, 0.4) is 0 Å². The van der Waals surface area contributed by atoms with E-state index in [9.17, 15) is 9.59 Å².